The lowest BCUT2D eigenvalue weighted by Gasteiger charge is -2.07. The molecule has 0 fully saturated rings. The summed E-state index contributed by atoms with van der Waals surface area (Å²) < 4.78 is 28.0. The van der Waals surface area contributed by atoms with Gasteiger partial charge >= 0.3 is 0 Å². The van der Waals surface area contributed by atoms with E-state index < -0.39 is 10.0 Å². The zero-order chi connectivity index (χ0) is 16.7. The lowest BCUT2D eigenvalue weighted by atomic mass is 10.1. The van der Waals surface area contributed by atoms with Crippen molar-refractivity contribution in [2.24, 2.45) is 0 Å². The Kier molecular flexibility index (Phi) is 3.48. The minimum absolute atomic E-state index is 0.221. The summed E-state index contributed by atoms with van der Waals surface area (Å²) in [5.74, 6) is 0. The predicted octanol–water partition coefficient (Wildman–Crippen LogP) is 4.78. The van der Waals surface area contributed by atoms with Crippen LogP contribution in [0.25, 0.3) is 21.7 Å². The second-order valence-electron chi connectivity index (χ2n) is 5.47. The molecule has 4 aromatic rings. The van der Waals surface area contributed by atoms with Crippen molar-refractivity contribution in [2.45, 2.75) is 4.90 Å². The second-order valence-corrected chi connectivity index (χ2v) is 7.56. The summed E-state index contributed by atoms with van der Waals surface area (Å²) in [4.78, 5) is 3.31. The van der Waals surface area contributed by atoms with Crippen molar-refractivity contribution in [1.82, 2.24) is 4.98 Å². The number of hydrogen-bond donors (Lipinski definition) is 2. The van der Waals surface area contributed by atoms with Crippen molar-refractivity contribution < 1.29 is 8.42 Å². The fraction of sp³-hybridized carbons (Fsp3) is 0. The van der Waals surface area contributed by atoms with Crippen LogP contribution >= 0.6 is 11.6 Å². The summed E-state index contributed by atoms with van der Waals surface area (Å²) in [6.45, 7) is 0. The van der Waals surface area contributed by atoms with Gasteiger partial charge in [0.05, 0.1) is 5.52 Å². The molecule has 0 radical (unpaired) electrons. The van der Waals surface area contributed by atoms with Crippen LogP contribution in [0, 0.1) is 0 Å². The third-order valence-corrected chi connectivity index (χ3v) is 5.60. The van der Waals surface area contributed by atoms with Crippen LogP contribution in [-0.4, -0.2) is 13.4 Å². The Hall–Kier alpha value is -2.50. The highest BCUT2D eigenvalue weighted by molar-refractivity contribution is 7.93. The number of hydrogen-bond acceptors (Lipinski definition) is 2. The van der Waals surface area contributed by atoms with Gasteiger partial charge in [-0.2, -0.15) is 0 Å². The van der Waals surface area contributed by atoms with E-state index in [-0.39, 0.29) is 4.90 Å². The average molecular weight is 357 g/mol. The van der Waals surface area contributed by atoms with Gasteiger partial charge in [0.25, 0.3) is 10.0 Å². The minimum Gasteiger partial charge on any atom is -0.359 e. The number of aromatic amines is 1. The standard InChI is InChI=1S/C18H13ClN2O2S/c19-13-6-8-14(9-7-13)21-24(22,23)17-11-20-18-15-4-2-1-3-12(15)5-10-16(17)18/h1-11,20-21H. The zero-order valence-corrected chi connectivity index (χ0v) is 14.0. The third kappa shape index (κ3) is 2.52. The largest absolute Gasteiger partial charge is 0.359 e. The first kappa shape index (κ1) is 15.1. The van der Waals surface area contributed by atoms with Crippen molar-refractivity contribution in [2.75, 3.05) is 4.72 Å². The number of fused-ring (bicyclic) bond motifs is 3. The highest BCUT2D eigenvalue weighted by atomic mass is 35.5. The molecule has 3 aromatic carbocycles. The molecule has 2 N–H and O–H groups in total. The summed E-state index contributed by atoms with van der Waals surface area (Å²) in [7, 11) is -3.70. The Morgan fingerprint density at radius 2 is 1.62 bits per heavy atom. The van der Waals surface area contributed by atoms with Gasteiger partial charge in [-0.05, 0) is 29.7 Å². The van der Waals surface area contributed by atoms with Crippen molar-refractivity contribution in [3.8, 4) is 0 Å². The van der Waals surface area contributed by atoms with E-state index >= 15 is 0 Å². The Morgan fingerprint density at radius 3 is 2.42 bits per heavy atom. The van der Waals surface area contributed by atoms with Crippen LogP contribution in [0.1, 0.15) is 0 Å². The summed E-state index contributed by atoms with van der Waals surface area (Å²) in [6.07, 6.45) is 1.52. The first-order valence-electron chi connectivity index (χ1n) is 7.32. The fourth-order valence-electron chi connectivity index (χ4n) is 2.80. The molecule has 0 bridgehead atoms. The van der Waals surface area contributed by atoms with Crippen molar-refractivity contribution in [1.29, 1.82) is 0 Å². The van der Waals surface area contributed by atoms with Crippen LogP contribution in [0.5, 0.6) is 0 Å². The SMILES string of the molecule is O=S(=O)(Nc1ccc(Cl)cc1)c1c[nH]c2c1ccc1ccccc12. The van der Waals surface area contributed by atoms with Crippen LogP contribution in [0.4, 0.5) is 5.69 Å². The minimum atomic E-state index is -3.70. The quantitative estimate of drug-likeness (QED) is 0.555. The topological polar surface area (TPSA) is 62.0 Å². The second kappa shape index (κ2) is 5.54. The van der Waals surface area contributed by atoms with E-state index in [1.807, 2.05) is 36.4 Å². The molecule has 0 aliphatic heterocycles. The molecule has 0 saturated carbocycles. The first-order valence-corrected chi connectivity index (χ1v) is 9.18. The van der Waals surface area contributed by atoms with E-state index in [1.54, 1.807) is 24.3 Å². The summed E-state index contributed by atoms with van der Waals surface area (Å²) in [5.41, 5.74) is 1.28. The highest BCUT2D eigenvalue weighted by Gasteiger charge is 2.20. The number of rotatable bonds is 3. The summed E-state index contributed by atoms with van der Waals surface area (Å²) in [6, 6.07) is 18.1. The van der Waals surface area contributed by atoms with Gasteiger partial charge in [0.15, 0.2) is 0 Å². The molecule has 1 aromatic heterocycles. The van der Waals surface area contributed by atoms with Gasteiger partial charge < -0.3 is 4.98 Å². The number of nitrogens with one attached hydrogen (secondary N) is 2. The average Bonchev–Trinajstić information content (AvgIpc) is 3.02. The van der Waals surface area contributed by atoms with Gasteiger partial charge in [0, 0.05) is 27.7 Å². The van der Waals surface area contributed by atoms with E-state index in [1.165, 1.54) is 6.20 Å². The van der Waals surface area contributed by atoms with Crippen LogP contribution < -0.4 is 4.72 Å². The summed E-state index contributed by atoms with van der Waals surface area (Å²) >= 11 is 5.83. The van der Waals surface area contributed by atoms with Crippen LogP contribution in [0.2, 0.25) is 5.02 Å². The molecule has 0 atom stereocenters. The van der Waals surface area contributed by atoms with Crippen molar-refractivity contribution in [3.05, 3.63) is 71.9 Å². The van der Waals surface area contributed by atoms with Gasteiger partial charge in [-0.15, -0.1) is 0 Å². The van der Waals surface area contributed by atoms with Gasteiger partial charge in [0.2, 0.25) is 0 Å². The van der Waals surface area contributed by atoms with Gasteiger partial charge in [-0.3, -0.25) is 4.72 Å². The Labute approximate surface area is 144 Å². The molecule has 4 nitrogen and oxygen atoms in total. The molecular formula is C18H13ClN2O2S. The summed E-state index contributed by atoms with van der Waals surface area (Å²) in [5, 5.41) is 3.26. The molecule has 120 valence electrons. The van der Waals surface area contributed by atoms with Crippen LogP contribution in [-0.2, 0) is 10.0 Å². The van der Waals surface area contributed by atoms with Crippen LogP contribution in [0.3, 0.4) is 0 Å². The molecular weight excluding hydrogens is 344 g/mol. The van der Waals surface area contributed by atoms with Crippen molar-refractivity contribution >= 4 is 49.0 Å². The number of sulfonamides is 1. The number of benzene rings is 3. The Balaban J connectivity index is 1.83. The molecule has 24 heavy (non-hydrogen) atoms. The van der Waals surface area contributed by atoms with Gasteiger partial charge in [-0.25, -0.2) is 8.42 Å². The zero-order valence-electron chi connectivity index (χ0n) is 12.5. The lowest BCUT2D eigenvalue weighted by Crippen LogP contribution is -2.12. The molecule has 0 aliphatic rings. The third-order valence-electron chi connectivity index (χ3n) is 3.93. The molecule has 0 amide bonds. The maximum atomic E-state index is 12.7. The smallest absolute Gasteiger partial charge is 0.264 e. The Morgan fingerprint density at radius 1 is 0.875 bits per heavy atom. The van der Waals surface area contributed by atoms with Gasteiger partial charge in [0.1, 0.15) is 4.90 Å². The van der Waals surface area contributed by atoms with Crippen molar-refractivity contribution in [3.63, 3.8) is 0 Å². The van der Waals surface area contributed by atoms with E-state index in [4.69, 9.17) is 11.6 Å². The number of aromatic nitrogens is 1. The number of anilines is 1. The normalized spacial score (nSPS) is 11.9. The molecule has 0 spiro atoms. The molecule has 0 unspecified atom stereocenters. The monoisotopic (exact) mass is 356 g/mol. The molecule has 4 rings (SSSR count). The molecule has 6 heteroatoms. The predicted molar refractivity (Wildman–Crippen MR) is 98.1 cm³/mol. The van der Waals surface area contributed by atoms with E-state index in [0.717, 1.165) is 16.3 Å². The first-order chi connectivity index (χ1) is 11.5. The lowest BCUT2D eigenvalue weighted by molar-refractivity contribution is 0.602. The number of halogens is 1. The van der Waals surface area contributed by atoms with Crippen LogP contribution in [0.15, 0.2) is 71.8 Å². The molecule has 1 heterocycles. The Bertz CT molecular complexity index is 1150. The van der Waals surface area contributed by atoms with Gasteiger partial charge in [-0.1, -0.05) is 48.0 Å². The van der Waals surface area contributed by atoms with E-state index in [0.29, 0.717) is 16.1 Å². The van der Waals surface area contributed by atoms with E-state index in [9.17, 15) is 8.42 Å². The highest BCUT2D eigenvalue weighted by Crippen LogP contribution is 2.30. The molecule has 0 saturated heterocycles. The van der Waals surface area contributed by atoms with E-state index in [2.05, 4.69) is 9.71 Å². The maximum absolute atomic E-state index is 12.7. The number of H-pyrrole nitrogens is 1. The molecule has 0 aliphatic carbocycles. The fourth-order valence-corrected chi connectivity index (χ4v) is 4.15. The maximum Gasteiger partial charge on any atom is 0.264 e.